The van der Waals surface area contributed by atoms with Crippen LogP contribution >= 0.6 is 11.3 Å². The molecule has 0 aromatic carbocycles. The number of carbonyl (C=O) groups is 1. The van der Waals surface area contributed by atoms with Crippen LogP contribution in [0.15, 0.2) is 16.8 Å². The van der Waals surface area contributed by atoms with E-state index in [0.717, 1.165) is 29.2 Å². The van der Waals surface area contributed by atoms with Crippen molar-refractivity contribution in [1.29, 1.82) is 0 Å². The number of aliphatic hydroxyl groups is 1. The van der Waals surface area contributed by atoms with Gasteiger partial charge in [0.15, 0.2) is 0 Å². The summed E-state index contributed by atoms with van der Waals surface area (Å²) >= 11 is 1.51. The molecule has 2 aromatic rings. The quantitative estimate of drug-likeness (QED) is 0.791. The Morgan fingerprint density at radius 3 is 2.77 bits per heavy atom. The molecule has 1 atom stereocenters. The van der Waals surface area contributed by atoms with Gasteiger partial charge in [-0.15, -0.1) is 0 Å². The Balaban J connectivity index is 1.98. The van der Waals surface area contributed by atoms with Gasteiger partial charge in [-0.25, -0.2) is 4.79 Å². The largest absolute Gasteiger partial charge is 0.384 e. The number of hydrogen-bond donors (Lipinski definition) is 3. The Morgan fingerprint density at radius 2 is 2.23 bits per heavy atom. The van der Waals surface area contributed by atoms with Gasteiger partial charge in [-0.05, 0) is 50.1 Å². The van der Waals surface area contributed by atoms with Gasteiger partial charge in [0.2, 0.25) is 0 Å². The molecule has 2 aromatic heterocycles. The molecular weight excluding hydrogens is 300 g/mol. The fraction of sp³-hybridized carbons (Fsp3) is 0.467. The van der Waals surface area contributed by atoms with Crippen LogP contribution in [0.3, 0.4) is 0 Å². The Morgan fingerprint density at radius 1 is 1.50 bits per heavy atom. The topological polar surface area (TPSA) is 79.2 Å². The van der Waals surface area contributed by atoms with Gasteiger partial charge in [-0.2, -0.15) is 16.4 Å². The van der Waals surface area contributed by atoms with Gasteiger partial charge in [-0.3, -0.25) is 4.68 Å². The highest BCUT2D eigenvalue weighted by atomic mass is 32.1. The van der Waals surface area contributed by atoms with Crippen LogP contribution < -0.4 is 10.6 Å². The number of anilines is 1. The summed E-state index contributed by atoms with van der Waals surface area (Å²) in [6.07, 6.45) is 0. The zero-order chi connectivity index (χ0) is 16.3. The number of nitrogens with one attached hydrogen (secondary N) is 2. The summed E-state index contributed by atoms with van der Waals surface area (Å²) in [5, 5.41) is 24.0. The second kappa shape index (κ2) is 6.50. The van der Waals surface area contributed by atoms with Crippen LogP contribution in [0.5, 0.6) is 0 Å². The lowest BCUT2D eigenvalue weighted by atomic mass is 9.99. The molecule has 0 aliphatic rings. The summed E-state index contributed by atoms with van der Waals surface area (Å²) in [7, 11) is 0. The lowest BCUT2D eigenvalue weighted by Crippen LogP contribution is -2.40. The molecule has 6 nitrogen and oxygen atoms in total. The van der Waals surface area contributed by atoms with Crippen molar-refractivity contribution in [3.63, 3.8) is 0 Å². The fourth-order valence-corrected chi connectivity index (χ4v) is 3.05. The van der Waals surface area contributed by atoms with Crippen molar-refractivity contribution >= 4 is 23.1 Å². The smallest absolute Gasteiger partial charge is 0.319 e. The van der Waals surface area contributed by atoms with Crippen molar-refractivity contribution in [3.8, 4) is 0 Å². The van der Waals surface area contributed by atoms with Crippen LogP contribution in [-0.2, 0) is 12.1 Å². The number of urea groups is 1. The lowest BCUT2D eigenvalue weighted by Gasteiger charge is -2.22. The molecule has 120 valence electrons. The predicted molar refractivity (Wildman–Crippen MR) is 88.3 cm³/mol. The van der Waals surface area contributed by atoms with Crippen LogP contribution in [0.2, 0.25) is 0 Å². The number of carbonyl (C=O) groups excluding carboxylic acids is 1. The molecule has 22 heavy (non-hydrogen) atoms. The number of amides is 2. The highest BCUT2D eigenvalue weighted by Crippen LogP contribution is 2.22. The third-order valence-corrected chi connectivity index (χ3v) is 4.34. The van der Waals surface area contributed by atoms with Gasteiger partial charge in [0.05, 0.1) is 23.6 Å². The minimum absolute atomic E-state index is 0.135. The summed E-state index contributed by atoms with van der Waals surface area (Å²) < 4.78 is 1.84. The second-order valence-corrected chi connectivity index (χ2v) is 6.24. The number of hydrogen-bond acceptors (Lipinski definition) is 4. The normalized spacial score (nSPS) is 13.7. The first kappa shape index (κ1) is 16.5. The van der Waals surface area contributed by atoms with Crippen molar-refractivity contribution < 1.29 is 9.90 Å². The van der Waals surface area contributed by atoms with E-state index >= 15 is 0 Å². The molecule has 1 unspecified atom stereocenters. The predicted octanol–water partition coefficient (Wildman–Crippen LogP) is 2.61. The molecule has 0 spiro atoms. The number of aryl methyl sites for hydroxylation is 2. The van der Waals surface area contributed by atoms with E-state index in [0.29, 0.717) is 0 Å². The van der Waals surface area contributed by atoms with Crippen molar-refractivity contribution in [1.82, 2.24) is 15.1 Å². The first-order valence-electron chi connectivity index (χ1n) is 7.19. The van der Waals surface area contributed by atoms with Gasteiger partial charge in [0.25, 0.3) is 0 Å². The number of nitrogens with zero attached hydrogens (tertiary/aromatic N) is 2. The van der Waals surface area contributed by atoms with E-state index in [4.69, 9.17) is 0 Å². The molecule has 2 amide bonds. The maximum absolute atomic E-state index is 12.1. The minimum atomic E-state index is -1.09. The maximum atomic E-state index is 12.1. The summed E-state index contributed by atoms with van der Waals surface area (Å²) in [4.78, 5) is 12.1. The molecule has 0 aliphatic carbocycles. The van der Waals surface area contributed by atoms with Gasteiger partial charge in [-0.1, -0.05) is 0 Å². The molecule has 0 saturated carbocycles. The Kier molecular flexibility index (Phi) is 4.87. The molecule has 0 aliphatic heterocycles. The summed E-state index contributed by atoms with van der Waals surface area (Å²) in [5.41, 5.74) is 2.12. The Labute approximate surface area is 134 Å². The lowest BCUT2D eigenvalue weighted by molar-refractivity contribution is 0.0604. The summed E-state index contributed by atoms with van der Waals surface area (Å²) in [5.74, 6) is 0. The van der Waals surface area contributed by atoms with Crippen molar-refractivity contribution in [2.75, 3.05) is 11.9 Å². The van der Waals surface area contributed by atoms with Crippen LogP contribution in [0.25, 0.3) is 0 Å². The van der Waals surface area contributed by atoms with E-state index in [1.165, 1.54) is 11.3 Å². The fourth-order valence-electron chi connectivity index (χ4n) is 2.27. The molecule has 0 radical (unpaired) electrons. The van der Waals surface area contributed by atoms with E-state index < -0.39 is 5.60 Å². The van der Waals surface area contributed by atoms with Gasteiger partial charge >= 0.3 is 6.03 Å². The average molecular weight is 322 g/mol. The molecule has 2 heterocycles. The van der Waals surface area contributed by atoms with Gasteiger partial charge in [0.1, 0.15) is 5.60 Å². The number of rotatable bonds is 5. The number of thiophene rings is 1. The monoisotopic (exact) mass is 322 g/mol. The van der Waals surface area contributed by atoms with Crippen molar-refractivity contribution in [3.05, 3.63) is 33.8 Å². The highest BCUT2D eigenvalue weighted by molar-refractivity contribution is 7.08. The molecule has 0 bridgehead atoms. The third kappa shape index (κ3) is 3.48. The van der Waals surface area contributed by atoms with Crippen molar-refractivity contribution in [2.24, 2.45) is 0 Å². The average Bonchev–Trinajstić information content (AvgIpc) is 3.09. The van der Waals surface area contributed by atoms with E-state index in [1.54, 1.807) is 6.92 Å². The van der Waals surface area contributed by atoms with Gasteiger partial charge < -0.3 is 15.7 Å². The summed E-state index contributed by atoms with van der Waals surface area (Å²) in [6, 6.07) is 1.50. The van der Waals surface area contributed by atoms with Crippen LogP contribution in [-0.4, -0.2) is 27.5 Å². The molecule has 7 heteroatoms. The Hall–Kier alpha value is -1.86. The highest BCUT2D eigenvalue weighted by Gasteiger charge is 2.24. The second-order valence-electron chi connectivity index (χ2n) is 5.46. The minimum Gasteiger partial charge on any atom is -0.384 e. The van der Waals surface area contributed by atoms with E-state index in [2.05, 4.69) is 15.7 Å². The standard InChI is InChI=1S/C15H22N4O2S/c1-5-19-11(3)13(10(2)18-19)17-14(20)16-9-15(4,21)12-6-7-22-8-12/h6-8,21H,5,9H2,1-4H3,(H2,16,17,20). The third-order valence-electron chi connectivity index (χ3n) is 3.66. The van der Waals surface area contributed by atoms with E-state index in [9.17, 15) is 9.90 Å². The van der Waals surface area contributed by atoms with Gasteiger partial charge in [0, 0.05) is 6.54 Å². The SMILES string of the molecule is CCn1nc(C)c(NC(=O)NCC(C)(O)c2ccsc2)c1C. The van der Waals surface area contributed by atoms with Crippen LogP contribution in [0.4, 0.5) is 10.5 Å². The van der Waals surface area contributed by atoms with Crippen LogP contribution in [0, 0.1) is 13.8 Å². The van der Waals surface area contributed by atoms with Crippen molar-refractivity contribution in [2.45, 2.75) is 39.8 Å². The zero-order valence-corrected chi connectivity index (χ0v) is 14.1. The molecule has 2 rings (SSSR count). The number of aromatic nitrogens is 2. The molecule has 3 N–H and O–H groups in total. The zero-order valence-electron chi connectivity index (χ0n) is 13.3. The summed E-state index contributed by atoms with van der Waals surface area (Å²) in [6.45, 7) is 8.34. The van der Waals surface area contributed by atoms with E-state index in [-0.39, 0.29) is 12.6 Å². The maximum Gasteiger partial charge on any atom is 0.319 e. The molecular formula is C15H22N4O2S. The van der Waals surface area contributed by atoms with Crippen LogP contribution in [0.1, 0.15) is 30.8 Å². The first-order valence-corrected chi connectivity index (χ1v) is 8.13. The molecule has 0 saturated heterocycles. The van der Waals surface area contributed by atoms with E-state index in [1.807, 2.05) is 42.3 Å². The Bertz CT molecular complexity index is 647. The first-order chi connectivity index (χ1) is 10.3. The molecule has 0 fully saturated rings.